The summed E-state index contributed by atoms with van der Waals surface area (Å²) in [4.78, 5) is 167. The van der Waals surface area contributed by atoms with Crippen LogP contribution in [0, 0.1) is 0 Å². The van der Waals surface area contributed by atoms with Gasteiger partial charge in [-0.2, -0.15) is 4.79 Å². The number of hydrogen-bond donors (Lipinski definition) is 2. The summed E-state index contributed by atoms with van der Waals surface area (Å²) in [6.07, 6.45) is -20.3. The van der Waals surface area contributed by atoms with Gasteiger partial charge >= 0.3 is 65.8 Å². The molecule has 14 rings (SSSR count). The van der Waals surface area contributed by atoms with Crippen LogP contribution in [0.2, 0.25) is 0 Å². The standard InChI is InChI=1S/C93H96N5O33S2/c1-47(99)122-76-78(124-49(3)101)82(126-51(5)103)90(130-80(76)88(109)116-12)128-62-22-16-54(17-23-62)43-120-92(111)96-66-35-72(70(114-10)33-64(66)84(105)94-39-59-26-28-132-74(59)37-68(94)86(96)107)118-45-57-30-56(42-98(7,8)41-53-14-20-61(113-9)21-15-53)31-58(32-57)46-119-73-36-67-65(34-71(73)115-11)85(106)95-40-60-27-29-133-75(60)38-69(95)87(108)97(67)93(112)121-44-55-18-24-63(25-19-55)129-91-83(127-52(6)104)79(125-50(4)102)77(123-48(2)100)81(131-91)89(110)117-13/h14-36,68-69,76-83,86,90-91,107H,37-46H2,1-13H3/q+1/p+1/t68-,69-,76-,77-,78-,79-,80-,81-,82+,83+,86?,90?,91?/m0/s1. The van der Waals surface area contributed by atoms with E-state index in [1.54, 1.807) is 7.11 Å². The molecule has 13 atom stereocenters. The second kappa shape index (κ2) is 40.8. The molecule has 0 saturated carbocycles. The Morgan fingerprint density at radius 1 is 0.459 bits per heavy atom. The summed E-state index contributed by atoms with van der Waals surface area (Å²) in [5, 5.41) is 29.2. The van der Waals surface area contributed by atoms with Crippen molar-refractivity contribution in [3.8, 4) is 40.2 Å². The van der Waals surface area contributed by atoms with Gasteiger partial charge in [-0.15, -0.1) is 22.7 Å². The summed E-state index contributed by atoms with van der Waals surface area (Å²) in [6.45, 7) is 6.17. The predicted octanol–water partition coefficient (Wildman–Crippen LogP) is 9.47. The molecule has 38 nitrogen and oxygen atoms in total. The first-order valence-electron chi connectivity index (χ1n) is 41.8. The highest BCUT2D eigenvalue weighted by molar-refractivity contribution is 7.10. The second-order valence-electron chi connectivity index (χ2n) is 32.4. The van der Waals surface area contributed by atoms with E-state index in [0.717, 1.165) is 97.2 Å². The molecule has 8 heterocycles. The van der Waals surface area contributed by atoms with Crippen LogP contribution in [0.4, 0.5) is 21.0 Å². The molecule has 0 radical (unpaired) electrons. The van der Waals surface area contributed by atoms with E-state index in [9.17, 15) is 48.6 Å². The number of methoxy groups -OCH3 is 5. The quantitative estimate of drug-likeness (QED) is 0.0191. The lowest BCUT2D eigenvalue weighted by atomic mass is 9.97. The maximum absolute atomic E-state index is 15.2. The van der Waals surface area contributed by atoms with Crippen molar-refractivity contribution in [1.29, 1.82) is 0 Å². The Hall–Kier alpha value is -13.9. The van der Waals surface area contributed by atoms with Gasteiger partial charge in [0.15, 0.2) is 71.9 Å². The number of amides is 4. The van der Waals surface area contributed by atoms with Gasteiger partial charge in [0, 0.05) is 100 Å². The molecule has 2 saturated heterocycles. The zero-order valence-corrected chi connectivity index (χ0v) is 76.1. The van der Waals surface area contributed by atoms with Crippen molar-refractivity contribution < 1.29 is 167 Å². The topological polar surface area (TPSA) is 433 Å². The van der Waals surface area contributed by atoms with Gasteiger partial charge in [-0.25, -0.2) is 19.3 Å². The van der Waals surface area contributed by atoms with Crippen LogP contribution in [0.15, 0.2) is 138 Å². The Kier molecular flexibility index (Phi) is 29.2. The Morgan fingerprint density at radius 3 is 1.38 bits per heavy atom. The number of thiophene rings is 2. The molecule has 4 amide bonds. The first kappa shape index (κ1) is 95.2. The molecule has 6 aliphatic rings. The van der Waals surface area contributed by atoms with E-state index in [1.165, 1.54) is 119 Å². The number of benzene rings is 6. The first-order chi connectivity index (χ1) is 63.6. The number of carbonyl (C=O) groups is 12. The van der Waals surface area contributed by atoms with Crippen LogP contribution in [0.1, 0.15) is 117 Å². The number of ether oxygens (including phenoxy) is 19. The van der Waals surface area contributed by atoms with Crippen molar-refractivity contribution in [3.05, 3.63) is 204 Å². The summed E-state index contributed by atoms with van der Waals surface area (Å²) < 4.78 is 111. The maximum Gasteiger partial charge on any atom is 0.605 e. The molecular weight excluding hydrogens is 1780 g/mol. The van der Waals surface area contributed by atoms with Gasteiger partial charge in [0.2, 0.25) is 30.5 Å². The lowest BCUT2D eigenvalue weighted by Gasteiger charge is -2.43. The number of hydrogen-bond acceptors (Lipinski definition) is 34. The number of aliphatic hydroxyl groups excluding tert-OH is 2. The minimum absolute atomic E-state index is 0.0185. The first-order valence-corrected chi connectivity index (χ1v) is 43.5. The Balaban J connectivity index is 0.748. The van der Waals surface area contributed by atoms with Gasteiger partial charge in [0.05, 0.1) is 73.0 Å². The molecule has 0 bridgehead atoms. The Morgan fingerprint density at radius 2 is 0.887 bits per heavy atom. The molecular formula is C93H97N5O33S2+2. The second-order valence-corrected chi connectivity index (χ2v) is 34.4. The van der Waals surface area contributed by atoms with Crippen molar-refractivity contribution in [1.82, 2.24) is 9.80 Å². The van der Waals surface area contributed by atoms with Crippen LogP contribution in [0.5, 0.6) is 40.2 Å². The van der Waals surface area contributed by atoms with E-state index in [1.807, 2.05) is 65.4 Å². The van der Waals surface area contributed by atoms with Gasteiger partial charge in [-0.05, 0) is 129 Å². The number of carbonyl (C=O) groups excluding carboxylic acids is 12. The molecule has 6 aliphatic heterocycles. The molecule has 2 fully saturated rings. The number of aliphatic hydroxyl groups is 2. The van der Waals surface area contributed by atoms with E-state index >= 15 is 19.2 Å². The Labute approximate surface area is 769 Å². The monoisotopic (exact) mass is 1880 g/mol. The summed E-state index contributed by atoms with van der Waals surface area (Å²) in [6, 6.07) is 32.6. The molecule has 702 valence electrons. The smallest absolute Gasteiger partial charge is 0.497 e. The van der Waals surface area contributed by atoms with Crippen molar-refractivity contribution in [3.63, 3.8) is 0 Å². The van der Waals surface area contributed by atoms with Gasteiger partial charge < -0.3 is 114 Å². The van der Waals surface area contributed by atoms with Gasteiger partial charge in [-0.3, -0.25) is 38.4 Å². The fourth-order valence-electron chi connectivity index (χ4n) is 16.7. The number of rotatable bonds is 29. The van der Waals surface area contributed by atoms with Crippen molar-refractivity contribution in [2.45, 2.75) is 187 Å². The van der Waals surface area contributed by atoms with Crippen molar-refractivity contribution in [2.24, 2.45) is 0 Å². The molecule has 0 aliphatic carbocycles. The molecule has 3 unspecified atom stereocenters. The van der Waals surface area contributed by atoms with Crippen LogP contribution >= 0.6 is 22.7 Å². The molecule has 8 aromatic rings. The minimum Gasteiger partial charge on any atom is -0.497 e. The third kappa shape index (κ3) is 21.5. The largest absolute Gasteiger partial charge is 0.605 e. The lowest BCUT2D eigenvalue weighted by molar-refractivity contribution is -0.916. The molecule has 6 aromatic carbocycles. The van der Waals surface area contributed by atoms with Crippen LogP contribution in [0.25, 0.3) is 0 Å². The normalized spacial score (nSPS) is 21.7. The molecule has 40 heteroatoms. The van der Waals surface area contributed by atoms with E-state index in [4.69, 9.17) is 90.0 Å². The van der Waals surface area contributed by atoms with E-state index in [2.05, 4.69) is 14.1 Å². The van der Waals surface area contributed by atoms with E-state index < -0.39 is 171 Å². The maximum atomic E-state index is 15.2. The number of quaternary nitrogens is 1. The number of esters is 8. The predicted molar refractivity (Wildman–Crippen MR) is 462 cm³/mol. The fourth-order valence-corrected chi connectivity index (χ4v) is 18.6. The van der Waals surface area contributed by atoms with Gasteiger partial charge in [-0.1, -0.05) is 28.8 Å². The minimum atomic E-state index is -1.74. The number of fused-ring (bicyclic) bond motifs is 6. The van der Waals surface area contributed by atoms with Gasteiger partial charge in [0.25, 0.3) is 11.8 Å². The molecule has 2 aromatic heterocycles. The third-order valence-electron chi connectivity index (χ3n) is 22.5. The zero-order chi connectivity index (χ0) is 95.1. The molecule has 2 N–H and O–H groups in total. The molecule has 0 spiro atoms. The van der Waals surface area contributed by atoms with Gasteiger partial charge in [0.1, 0.15) is 62.3 Å². The van der Waals surface area contributed by atoms with E-state index in [0.29, 0.717) is 45.6 Å². The summed E-state index contributed by atoms with van der Waals surface area (Å²) >= 11 is 2.87. The van der Waals surface area contributed by atoms with Crippen molar-refractivity contribution in [2.75, 3.05) is 54.5 Å². The fraction of sp³-hybridized carbons (Fsp3) is 0.387. The van der Waals surface area contributed by atoms with Crippen LogP contribution in [-0.4, -0.2) is 236 Å². The summed E-state index contributed by atoms with van der Waals surface area (Å²) in [5.74, 6) is -8.11. The summed E-state index contributed by atoms with van der Waals surface area (Å²) in [7, 11) is 10.6. The third-order valence-corrected chi connectivity index (χ3v) is 24.5. The average molecular weight is 1880 g/mol. The SMILES string of the molecule is COC(=O)[C@H]1OC(Oc2ccc(COC(=O)N3c4cc(OCc5cc(COc6cc7c(cc6OC)C(=O)N6Cc8ccsc8C[C@H]6C(O)=[N+]7C(=O)OCc6ccc(OC7O[C@H](C(=O)OC)[C@@H](OC(C)=O)[C@H](OC(C)=O)[C@H]7OC(C)=O)cc6)cc(C[N+](C)(C)Cc6ccc(OC)cc6)c5)c(OC)cc4C(=O)N4Cc5ccsc5C[C@H]4C3O)cc2)[C@H](OC(C)=O)[C@@H](OC(C)=O)[C@@H]1OC(C)=O. The van der Waals surface area contributed by atoms with E-state index in [-0.39, 0.29) is 96.1 Å². The van der Waals surface area contributed by atoms with Crippen molar-refractivity contribution >= 4 is 112 Å². The lowest BCUT2D eigenvalue weighted by Crippen LogP contribution is -2.64. The number of anilines is 1. The zero-order valence-electron chi connectivity index (χ0n) is 74.5. The summed E-state index contributed by atoms with van der Waals surface area (Å²) in [5.41, 5.74) is 5.07. The highest BCUT2D eigenvalue weighted by Gasteiger charge is 2.59. The highest BCUT2D eigenvalue weighted by atomic mass is 32.1. The highest BCUT2D eigenvalue weighted by Crippen LogP contribution is 2.46. The van der Waals surface area contributed by atoms with Crippen LogP contribution in [0.3, 0.4) is 0 Å². The van der Waals surface area contributed by atoms with Crippen LogP contribution in [-0.2, 0) is 161 Å². The Bertz CT molecular complexity index is 5820. The number of nitrogens with zero attached hydrogens (tertiary/aromatic N) is 5. The average Bonchev–Trinajstić information content (AvgIpc) is 1.53. The molecule has 133 heavy (non-hydrogen) atoms. The van der Waals surface area contributed by atoms with Crippen LogP contribution < -0.4 is 38.1 Å².